The normalized spacial score (nSPS) is 15.3. The van der Waals surface area contributed by atoms with Gasteiger partial charge in [-0.3, -0.25) is 0 Å². The Morgan fingerprint density at radius 3 is 2.62 bits per heavy atom. The van der Waals surface area contributed by atoms with Gasteiger partial charge in [-0.1, -0.05) is 12.1 Å². The molecule has 0 spiro atoms. The molecule has 13 heavy (non-hydrogen) atoms. The lowest BCUT2D eigenvalue weighted by molar-refractivity contribution is 0.207. The molecule has 72 valence electrons. The van der Waals surface area contributed by atoms with Crippen LogP contribution in [0.25, 0.3) is 0 Å². The van der Waals surface area contributed by atoms with E-state index in [1.807, 2.05) is 0 Å². The van der Waals surface area contributed by atoms with E-state index < -0.39 is 5.54 Å². The molecule has 0 aliphatic rings. The zero-order valence-corrected chi connectivity index (χ0v) is 7.49. The number of phenolic OH excluding ortho intramolecular Hbond substituents is 1. The molecule has 1 aromatic carbocycles. The van der Waals surface area contributed by atoms with E-state index >= 15 is 0 Å². The number of anilines is 1. The summed E-state index contributed by atoms with van der Waals surface area (Å²) in [6, 6.07) is 4.90. The lowest BCUT2D eigenvalue weighted by atomic mass is 9.93. The van der Waals surface area contributed by atoms with E-state index in [1.165, 1.54) is 0 Å². The fourth-order valence-corrected chi connectivity index (χ4v) is 1.11. The van der Waals surface area contributed by atoms with Crippen molar-refractivity contribution in [3.8, 4) is 5.75 Å². The van der Waals surface area contributed by atoms with Crippen LogP contribution in [0, 0.1) is 0 Å². The summed E-state index contributed by atoms with van der Waals surface area (Å²) in [5.41, 5.74) is 11.0. The summed E-state index contributed by atoms with van der Waals surface area (Å²) in [5, 5.41) is 18.5. The molecular formula is C9H14N2O2. The predicted octanol–water partition coefficient (Wildman–Crippen LogP) is 0.141. The Labute approximate surface area is 76.8 Å². The molecule has 0 bridgehead atoms. The van der Waals surface area contributed by atoms with Crippen LogP contribution in [-0.4, -0.2) is 16.8 Å². The van der Waals surface area contributed by atoms with Gasteiger partial charge in [-0.05, 0) is 13.0 Å². The second-order valence-electron chi connectivity index (χ2n) is 3.32. The molecule has 0 heterocycles. The Balaban J connectivity index is 3.22. The van der Waals surface area contributed by atoms with Gasteiger partial charge in [0, 0.05) is 5.56 Å². The van der Waals surface area contributed by atoms with Crippen LogP contribution in [0.3, 0.4) is 0 Å². The third kappa shape index (κ3) is 1.74. The van der Waals surface area contributed by atoms with Crippen molar-refractivity contribution in [2.45, 2.75) is 12.5 Å². The van der Waals surface area contributed by atoms with Gasteiger partial charge in [-0.25, -0.2) is 0 Å². The third-order valence-corrected chi connectivity index (χ3v) is 2.01. The van der Waals surface area contributed by atoms with Crippen LogP contribution < -0.4 is 11.5 Å². The minimum Gasteiger partial charge on any atom is -0.505 e. The lowest BCUT2D eigenvalue weighted by Crippen LogP contribution is -2.37. The molecule has 1 rings (SSSR count). The van der Waals surface area contributed by atoms with Gasteiger partial charge in [-0.15, -0.1) is 0 Å². The monoisotopic (exact) mass is 182 g/mol. The topological polar surface area (TPSA) is 92.5 Å². The van der Waals surface area contributed by atoms with Crippen LogP contribution in [0.4, 0.5) is 5.69 Å². The van der Waals surface area contributed by atoms with Crippen LogP contribution in [0.2, 0.25) is 0 Å². The number of aliphatic hydroxyl groups is 1. The maximum atomic E-state index is 9.55. The second kappa shape index (κ2) is 3.24. The van der Waals surface area contributed by atoms with Crippen molar-refractivity contribution in [2.75, 3.05) is 12.3 Å². The van der Waals surface area contributed by atoms with Crippen LogP contribution in [-0.2, 0) is 5.54 Å². The largest absolute Gasteiger partial charge is 0.505 e. The van der Waals surface area contributed by atoms with E-state index in [1.54, 1.807) is 25.1 Å². The van der Waals surface area contributed by atoms with Crippen molar-refractivity contribution in [3.63, 3.8) is 0 Å². The quantitative estimate of drug-likeness (QED) is 0.386. The highest BCUT2D eigenvalue weighted by Gasteiger charge is 2.24. The highest BCUT2D eigenvalue weighted by Crippen LogP contribution is 2.31. The number of phenols is 1. The summed E-state index contributed by atoms with van der Waals surface area (Å²) < 4.78 is 0. The lowest BCUT2D eigenvalue weighted by Gasteiger charge is -2.23. The van der Waals surface area contributed by atoms with Crippen molar-refractivity contribution in [3.05, 3.63) is 23.8 Å². The number of rotatable bonds is 2. The summed E-state index contributed by atoms with van der Waals surface area (Å²) >= 11 is 0. The molecule has 0 amide bonds. The Kier molecular flexibility index (Phi) is 2.45. The predicted molar refractivity (Wildman–Crippen MR) is 51.1 cm³/mol. The van der Waals surface area contributed by atoms with Crippen LogP contribution >= 0.6 is 0 Å². The highest BCUT2D eigenvalue weighted by molar-refractivity contribution is 5.57. The molecule has 1 atom stereocenters. The highest BCUT2D eigenvalue weighted by atomic mass is 16.3. The average Bonchev–Trinajstić information content (AvgIpc) is 2.09. The van der Waals surface area contributed by atoms with E-state index in [-0.39, 0.29) is 18.0 Å². The fourth-order valence-electron chi connectivity index (χ4n) is 1.11. The average molecular weight is 182 g/mol. The zero-order chi connectivity index (χ0) is 10.1. The van der Waals surface area contributed by atoms with E-state index in [4.69, 9.17) is 16.6 Å². The van der Waals surface area contributed by atoms with Crippen LogP contribution in [0.1, 0.15) is 12.5 Å². The van der Waals surface area contributed by atoms with Gasteiger partial charge >= 0.3 is 0 Å². The molecule has 0 saturated carbocycles. The Bertz CT molecular complexity index is 310. The van der Waals surface area contributed by atoms with Crippen molar-refractivity contribution in [1.82, 2.24) is 0 Å². The summed E-state index contributed by atoms with van der Waals surface area (Å²) in [6.45, 7) is 1.38. The second-order valence-corrected chi connectivity index (χ2v) is 3.32. The minimum atomic E-state index is -0.959. The van der Waals surface area contributed by atoms with Crippen molar-refractivity contribution in [1.29, 1.82) is 0 Å². The van der Waals surface area contributed by atoms with Gasteiger partial charge in [0.25, 0.3) is 0 Å². The molecule has 0 unspecified atom stereocenters. The molecule has 4 nitrogen and oxygen atoms in total. The maximum absolute atomic E-state index is 9.55. The number of aliphatic hydroxyl groups excluding tert-OH is 1. The first kappa shape index (κ1) is 9.83. The van der Waals surface area contributed by atoms with E-state index in [2.05, 4.69) is 0 Å². The van der Waals surface area contributed by atoms with Crippen molar-refractivity contribution >= 4 is 5.69 Å². The summed E-state index contributed by atoms with van der Waals surface area (Å²) in [7, 11) is 0. The molecule has 0 radical (unpaired) electrons. The van der Waals surface area contributed by atoms with Crippen molar-refractivity contribution < 1.29 is 10.2 Å². The smallest absolute Gasteiger partial charge is 0.143 e. The standard InChI is InChI=1S/C9H14N2O2/c1-9(11,5-12)6-3-2-4-7(10)8(6)13/h2-4,12-13H,5,10-11H2,1H3/t9-/m0/s1. The summed E-state index contributed by atoms with van der Waals surface area (Å²) in [5.74, 6) is -0.0541. The number of aromatic hydroxyl groups is 1. The number of nitrogen functional groups attached to an aromatic ring is 1. The first-order chi connectivity index (χ1) is 5.99. The minimum absolute atomic E-state index is 0.0541. The van der Waals surface area contributed by atoms with Gasteiger partial charge < -0.3 is 21.7 Å². The molecular weight excluding hydrogens is 168 g/mol. The maximum Gasteiger partial charge on any atom is 0.143 e. The van der Waals surface area contributed by atoms with Crippen molar-refractivity contribution in [2.24, 2.45) is 5.73 Å². The molecule has 1 aromatic rings. The van der Waals surface area contributed by atoms with Gasteiger partial charge in [0.2, 0.25) is 0 Å². The molecule has 0 aliphatic heterocycles. The summed E-state index contributed by atoms with van der Waals surface area (Å²) in [4.78, 5) is 0. The van der Waals surface area contributed by atoms with E-state index in [0.29, 0.717) is 5.56 Å². The van der Waals surface area contributed by atoms with Gasteiger partial charge in [0.05, 0.1) is 17.8 Å². The molecule has 4 heteroatoms. The SMILES string of the molecule is C[C@](N)(CO)c1cccc(N)c1O. The Hall–Kier alpha value is -1.26. The Morgan fingerprint density at radius 1 is 1.46 bits per heavy atom. The van der Waals surface area contributed by atoms with Gasteiger partial charge in [0.1, 0.15) is 5.75 Å². The molecule has 0 aromatic heterocycles. The molecule has 6 N–H and O–H groups in total. The van der Waals surface area contributed by atoms with Crippen LogP contribution in [0.15, 0.2) is 18.2 Å². The summed E-state index contributed by atoms with van der Waals surface area (Å²) in [6.07, 6.45) is 0. The first-order valence-corrected chi connectivity index (χ1v) is 3.96. The molecule has 0 saturated heterocycles. The van der Waals surface area contributed by atoms with Crippen LogP contribution in [0.5, 0.6) is 5.75 Å². The number of hydrogen-bond donors (Lipinski definition) is 4. The fraction of sp³-hybridized carbons (Fsp3) is 0.333. The van der Waals surface area contributed by atoms with Gasteiger partial charge in [-0.2, -0.15) is 0 Å². The molecule has 0 fully saturated rings. The van der Waals surface area contributed by atoms with E-state index in [9.17, 15) is 5.11 Å². The zero-order valence-electron chi connectivity index (χ0n) is 7.49. The first-order valence-electron chi connectivity index (χ1n) is 3.96. The van der Waals surface area contributed by atoms with Gasteiger partial charge in [0.15, 0.2) is 0 Å². The Morgan fingerprint density at radius 2 is 2.08 bits per heavy atom. The number of benzene rings is 1. The third-order valence-electron chi connectivity index (χ3n) is 2.01. The number of nitrogens with two attached hydrogens (primary N) is 2. The number of hydrogen-bond acceptors (Lipinski definition) is 4. The number of para-hydroxylation sites is 1. The van der Waals surface area contributed by atoms with E-state index in [0.717, 1.165) is 0 Å². The molecule has 0 aliphatic carbocycles.